The molecule has 0 saturated carbocycles. The van der Waals surface area contributed by atoms with Crippen LogP contribution in [0.4, 0.5) is 5.13 Å². The zero-order valence-electron chi connectivity index (χ0n) is 20.6. The fourth-order valence-corrected chi connectivity index (χ4v) is 5.72. The zero-order chi connectivity index (χ0) is 25.5. The highest BCUT2D eigenvalue weighted by molar-refractivity contribution is 7.17. The first-order valence-electron chi connectivity index (χ1n) is 12.7. The third-order valence-electron chi connectivity index (χ3n) is 7.37. The van der Waals surface area contributed by atoms with Crippen molar-refractivity contribution in [2.45, 2.75) is 57.3 Å². The van der Waals surface area contributed by atoms with Crippen LogP contribution in [0.25, 0.3) is 0 Å². The molecule has 196 valence electrons. The molecule has 4 rings (SSSR count). The van der Waals surface area contributed by atoms with E-state index in [1.54, 1.807) is 4.90 Å². The fraction of sp³-hybridized carbons (Fsp3) is 0.577. The van der Waals surface area contributed by atoms with Gasteiger partial charge in [0, 0.05) is 19.6 Å². The van der Waals surface area contributed by atoms with Gasteiger partial charge in [0.25, 0.3) is 5.91 Å². The summed E-state index contributed by atoms with van der Waals surface area (Å²) in [5.41, 5.74) is 6.33. The van der Waals surface area contributed by atoms with Gasteiger partial charge in [-0.1, -0.05) is 48.1 Å². The molecule has 0 unspecified atom stereocenters. The van der Waals surface area contributed by atoms with Crippen molar-refractivity contribution >= 4 is 28.3 Å². The number of esters is 1. The average molecular weight is 517 g/mol. The number of aliphatic hydroxyl groups is 2. The lowest BCUT2D eigenvalue weighted by Gasteiger charge is -2.40. The zero-order valence-corrected chi connectivity index (χ0v) is 21.4. The number of aliphatic hydroxyl groups excluding tert-OH is 2. The maximum absolute atomic E-state index is 13.3. The van der Waals surface area contributed by atoms with Crippen molar-refractivity contribution in [1.29, 1.82) is 0 Å². The number of ether oxygens (including phenoxy) is 1. The number of benzene rings is 1. The SMILES string of the molecule is Nc1ncc(C(=O)N2CCCCC3(CCN(Cc4ccccc4)CC3)C(=O)OC[C@@H](O)[C@@H](O)CC2)s1. The topological polar surface area (TPSA) is 129 Å². The number of piperidine rings is 1. The molecule has 4 N–H and O–H groups in total. The Bertz CT molecular complexity index is 1010. The van der Waals surface area contributed by atoms with Crippen LogP contribution in [0.2, 0.25) is 0 Å². The molecule has 2 aliphatic rings. The molecule has 1 amide bonds. The number of rotatable bonds is 3. The van der Waals surface area contributed by atoms with Gasteiger partial charge in [-0.3, -0.25) is 14.5 Å². The normalized spacial score (nSPS) is 24.4. The second-order valence-electron chi connectivity index (χ2n) is 9.88. The van der Waals surface area contributed by atoms with E-state index in [2.05, 4.69) is 22.0 Å². The second kappa shape index (κ2) is 12.1. The van der Waals surface area contributed by atoms with Crippen LogP contribution in [0.3, 0.4) is 0 Å². The van der Waals surface area contributed by atoms with E-state index in [-0.39, 0.29) is 31.4 Å². The first kappa shape index (κ1) is 26.5. The molecule has 2 atom stereocenters. The Morgan fingerprint density at radius 3 is 2.53 bits per heavy atom. The van der Waals surface area contributed by atoms with Gasteiger partial charge in [0.1, 0.15) is 17.6 Å². The van der Waals surface area contributed by atoms with Crippen LogP contribution in [0.5, 0.6) is 0 Å². The number of hydrogen-bond donors (Lipinski definition) is 3. The van der Waals surface area contributed by atoms with Crippen LogP contribution in [0.15, 0.2) is 36.5 Å². The molecule has 1 aromatic carbocycles. The highest BCUT2D eigenvalue weighted by Gasteiger charge is 2.42. The van der Waals surface area contributed by atoms with E-state index in [0.717, 1.165) is 43.8 Å². The third kappa shape index (κ3) is 6.61. The molecule has 2 fully saturated rings. The Morgan fingerprint density at radius 1 is 1.08 bits per heavy atom. The minimum atomic E-state index is -1.21. The quantitative estimate of drug-likeness (QED) is 0.530. The standard InChI is InChI=1S/C26H36N4O5S/c27-25-28-16-22(36-25)23(33)30-12-5-4-9-26(24(34)35-18-21(32)20(31)8-13-30)10-14-29(15-11-26)17-19-6-2-1-3-7-19/h1-3,6-7,16,20-21,31-32H,4-5,8-15,17-18H2,(H2,27,28)/t20-,21+/m0/s1. The van der Waals surface area contributed by atoms with Gasteiger partial charge in [-0.2, -0.15) is 0 Å². The summed E-state index contributed by atoms with van der Waals surface area (Å²) >= 11 is 1.14. The van der Waals surface area contributed by atoms with Crippen molar-refractivity contribution < 1.29 is 24.5 Å². The molecule has 1 aromatic heterocycles. The lowest BCUT2D eigenvalue weighted by molar-refractivity contribution is -0.165. The number of anilines is 1. The predicted octanol–water partition coefficient (Wildman–Crippen LogP) is 2.29. The number of nitrogen functional groups attached to an aromatic ring is 1. The number of likely N-dealkylation sites (tertiary alicyclic amines) is 1. The third-order valence-corrected chi connectivity index (χ3v) is 8.19. The molecule has 10 heteroatoms. The molecule has 9 nitrogen and oxygen atoms in total. The number of hydrogen-bond acceptors (Lipinski definition) is 9. The highest BCUT2D eigenvalue weighted by atomic mass is 32.1. The number of carbonyl (C=O) groups is 2. The van der Waals surface area contributed by atoms with Crippen molar-refractivity contribution in [3.05, 3.63) is 47.0 Å². The summed E-state index contributed by atoms with van der Waals surface area (Å²) < 4.78 is 5.56. The van der Waals surface area contributed by atoms with Crippen molar-refractivity contribution in [3.63, 3.8) is 0 Å². The van der Waals surface area contributed by atoms with Crippen molar-refractivity contribution in [2.75, 3.05) is 38.5 Å². The maximum atomic E-state index is 13.3. The highest BCUT2D eigenvalue weighted by Crippen LogP contribution is 2.39. The van der Waals surface area contributed by atoms with E-state index in [1.165, 1.54) is 11.8 Å². The molecular formula is C26H36N4O5S. The smallest absolute Gasteiger partial charge is 0.312 e. The van der Waals surface area contributed by atoms with Gasteiger partial charge in [-0.25, -0.2) is 4.98 Å². The Hall–Kier alpha value is -2.53. The monoisotopic (exact) mass is 516 g/mol. The van der Waals surface area contributed by atoms with Gasteiger partial charge >= 0.3 is 5.97 Å². The number of carbonyl (C=O) groups excluding carboxylic acids is 2. The number of cyclic esters (lactones) is 1. The first-order chi connectivity index (χ1) is 17.4. The Labute approximate surface area is 215 Å². The van der Waals surface area contributed by atoms with E-state index in [4.69, 9.17) is 10.5 Å². The fourth-order valence-electron chi connectivity index (χ4n) is 5.07. The second-order valence-corrected chi connectivity index (χ2v) is 10.9. The average Bonchev–Trinajstić information content (AvgIpc) is 3.33. The van der Waals surface area contributed by atoms with Crippen molar-refractivity contribution in [1.82, 2.24) is 14.8 Å². The maximum Gasteiger partial charge on any atom is 0.312 e. The van der Waals surface area contributed by atoms with Gasteiger partial charge in [0.2, 0.25) is 0 Å². The molecule has 2 saturated heterocycles. The number of thiazole rings is 1. The molecule has 0 aliphatic carbocycles. The molecule has 36 heavy (non-hydrogen) atoms. The number of nitrogens with zero attached hydrogens (tertiary/aromatic N) is 3. The van der Waals surface area contributed by atoms with E-state index in [9.17, 15) is 19.8 Å². The number of amides is 1. The molecule has 0 radical (unpaired) electrons. The molecule has 0 bridgehead atoms. The molecule has 2 aromatic rings. The van der Waals surface area contributed by atoms with Crippen LogP contribution < -0.4 is 5.73 Å². The summed E-state index contributed by atoms with van der Waals surface area (Å²) in [5, 5.41) is 21.2. The van der Waals surface area contributed by atoms with Crippen LogP contribution in [0, 0.1) is 5.41 Å². The Balaban J connectivity index is 1.42. The molecule has 2 aliphatic heterocycles. The lowest BCUT2D eigenvalue weighted by Crippen LogP contribution is -2.45. The van der Waals surface area contributed by atoms with E-state index < -0.39 is 17.6 Å². The predicted molar refractivity (Wildman–Crippen MR) is 137 cm³/mol. The van der Waals surface area contributed by atoms with Crippen LogP contribution >= 0.6 is 11.3 Å². The molecule has 1 spiro atoms. The largest absolute Gasteiger partial charge is 0.462 e. The summed E-state index contributed by atoms with van der Waals surface area (Å²) in [6.45, 7) is 2.93. The summed E-state index contributed by atoms with van der Waals surface area (Å²) in [7, 11) is 0. The minimum Gasteiger partial charge on any atom is -0.462 e. The first-order valence-corrected chi connectivity index (χ1v) is 13.5. The molecular weight excluding hydrogens is 480 g/mol. The van der Waals surface area contributed by atoms with Gasteiger partial charge in [0.05, 0.1) is 17.7 Å². The number of aromatic nitrogens is 1. The van der Waals surface area contributed by atoms with Gasteiger partial charge in [0.15, 0.2) is 5.13 Å². The van der Waals surface area contributed by atoms with E-state index in [0.29, 0.717) is 35.8 Å². The van der Waals surface area contributed by atoms with Gasteiger partial charge in [-0.05, 0) is 50.8 Å². The Kier molecular flexibility index (Phi) is 8.95. The van der Waals surface area contributed by atoms with Gasteiger partial charge in [-0.15, -0.1) is 0 Å². The summed E-state index contributed by atoms with van der Waals surface area (Å²) in [6, 6.07) is 10.3. The summed E-state index contributed by atoms with van der Waals surface area (Å²) in [4.78, 5) is 34.7. The van der Waals surface area contributed by atoms with Crippen LogP contribution in [-0.2, 0) is 16.1 Å². The van der Waals surface area contributed by atoms with Crippen LogP contribution in [-0.4, -0.2) is 81.9 Å². The van der Waals surface area contributed by atoms with Crippen molar-refractivity contribution in [2.24, 2.45) is 5.41 Å². The summed E-state index contributed by atoms with van der Waals surface area (Å²) in [6.07, 6.45) is 2.86. The van der Waals surface area contributed by atoms with E-state index >= 15 is 0 Å². The van der Waals surface area contributed by atoms with Crippen LogP contribution in [0.1, 0.15) is 53.8 Å². The lowest BCUT2D eigenvalue weighted by atomic mass is 9.74. The summed E-state index contributed by atoms with van der Waals surface area (Å²) in [5.74, 6) is -0.475. The van der Waals surface area contributed by atoms with Gasteiger partial charge < -0.3 is 25.6 Å². The van der Waals surface area contributed by atoms with Crippen molar-refractivity contribution in [3.8, 4) is 0 Å². The molecule has 3 heterocycles. The van der Waals surface area contributed by atoms with E-state index in [1.807, 2.05) is 18.2 Å². The minimum absolute atomic E-state index is 0.179. The number of nitrogens with two attached hydrogens (primary N) is 1. The Morgan fingerprint density at radius 2 is 1.83 bits per heavy atom.